The zero-order valence-electron chi connectivity index (χ0n) is 20.8. The van der Waals surface area contributed by atoms with Gasteiger partial charge in [0.15, 0.2) is 0 Å². The van der Waals surface area contributed by atoms with Crippen LogP contribution in [-0.2, 0) is 19.2 Å². The van der Waals surface area contributed by atoms with Crippen molar-refractivity contribution in [3.63, 3.8) is 0 Å². The Balaban J connectivity index is 3.30. The molecule has 0 saturated heterocycles. The van der Waals surface area contributed by atoms with E-state index >= 15 is 0 Å². The Hall–Kier alpha value is -1.48. The van der Waals surface area contributed by atoms with Crippen molar-refractivity contribution in [2.45, 2.75) is 102 Å². The standard InChI is InChI=1S/C24H41NO5SSi/c1-9-21(26)11-10-12-23(30-32(17(2)3,18(4)5)19(6)7)24(27)25-31(28,29)22-15-13-20(8)14-16-22/h10,12-19,21,23,26H,9,11H2,1-8H3,(H,25,27)/b12-10-/t21-,23-/m1/s1. The highest BCUT2D eigenvalue weighted by molar-refractivity contribution is 7.90. The molecule has 0 saturated carbocycles. The van der Waals surface area contributed by atoms with Crippen LogP contribution in [0.3, 0.4) is 0 Å². The van der Waals surface area contributed by atoms with Crippen molar-refractivity contribution >= 4 is 24.2 Å². The van der Waals surface area contributed by atoms with Gasteiger partial charge in [0.1, 0.15) is 6.10 Å². The highest BCUT2D eigenvalue weighted by Gasteiger charge is 2.47. The maximum absolute atomic E-state index is 13.2. The minimum atomic E-state index is -4.03. The Morgan fingerprint density at radius 1 is 1.06 bits per heavy atom. The summed E-state index contributed by atoms with van der Waals surface area (Å²) < 4.78 is 34.4. The predicted octanol–water partition coefficient (Wildman–Crippen LogP) is 5.08. The Bertz CT molecular complexity index is 841. The number of aryl methyl sites for hydroxylation is 1. The molecule has 1 aromatic carbocycles. The molecule has 2 N–H and O–H groups in total. The number of carbonyl (C=O) groups is 1. The third-order valence-electron chi connectivity index (χ3n) is 6.05. The van der Waals surface area contributed by atoms with Crippen molar-refractivity contribution in [2.24, 2.45) is 0 Å². The summed E-state index contributed by atoms with van der Waals surface area (Å²) in [7, 11) is -6.50. The zero-order chi connectivity index (χ0) is 24.7. The van der Waals surface area contributed by atoms with Gasteiger partial charge in [0, 0.05) is 0 Å². The fourth-order valence-corrected chi connectivity index (χ4v) is 10.7. The van der Waals surface area contributed by atoms with Crippen molar-refractivity contribution in [3.8, 4) is 0 Å². The van der Waals surface area contributed by atoms with Crippen LogP contribution in [0.15, 0.2) is 41.3 Å². The number of sulfonamides is 1. The van der Waals surface area contributed by atoms with Crippen molar-refractivity contribution in [1.82, 2.24) is 4.72 Å². The second-order valence-electron chi connectivity index (χ2n) is 9.36. The molecule has 2 atom stereocenters. The average molecular weight is 484 g/mol. The lowest BCUT2D eigenvalue weighted by Crippen LogP contribution is -2.53. The largest absolute Gasteiger partial charge is 0.401 e. The number of benzene rings is 1. The molecule has 6 nitrogen and oxygen atoms in total. The van der Waals surface area contributed by atoms with E-state index in [1.807, 2.05) is 13.8 Å². The van der Waals surface area contributed by atoms with Gasteiger partial charge in [-0.3, -0.25) is 4.79 Å². The van der Waals surface area contributed by atoms with E-state index in [2.05, 4.69) is 46.3 Å². The van der Waals surface area contributed by atoms with Gasteiger partial charge in [0.25, 0.3) is 15.9 Å². The molecule has 0 aliphatic heterocycles. The van der Waals surface area contributed by atoms with Crippen molar-refractivity contribution in [3.05, 3.63) is 42.0 Å². The number of carbonyl (C=O) groups excluding carboxylic acids is 1. The van der Waals surface area contributed by atoms with E-state index in [1.165, 1.54) is 12.1 Å². The molecule has 0 aliphatic rings. The number of aliphatic hydroxyl groups excluding tert-OH is 1. The molecule has 0 radical (unpaired) electrons. The Kier molecular flexibility index (Phi) is 10.8. The van der Waals surface area contributed by atoms with Gasteiger partial charge < -0.3 is 9.53 Å². The molecule has 0 aromatic heterocycles. The first-order valence-electron chi connectivity index (χ1n) is 11.4. The fourth-order valence-electron chi connectivity index (χ4n) is 4.30. The number of nitrogens with one attached hydrogen (secondary N) is 1. The van der Waals surface area contributed by atoms with Crippen LogP contribution < -0.4 is 4.72 Å². The van der Waals surface area contributed by atoms with Gasteiger partial charge in [-0.25, -0.2) is 13.1 Å². The molecule has 8 heteroatoms. The molecule has 1 amide bonds. The summed E-state index contributed by atoms with van der Waals surface area (Å²) >= 11 is 0. The summed E-state index contributed by atoms with van der Waals surface area (Å²) in [4.78, 5) is 13.2. The van der Waals surface area contributed by atoms with E-state index in [0.717, 1.165) is 5.56 Å². The first kappa shape index (κ1) is 28.5. The van der Waals surface area contributed by atoms with Gasteiger partial charge in [0.2, 0.25) is 8.32 Å². The van der Waals surface area contributed by atoms with E-state index in [9.17, 15) is 18.3 Å². The first-order chi connectivity index (χ1) is 14.8. The minimum absolute atomic E-state index is 0.0284. The topological polar surface area (TPSA) is 92.7 Å². The first-order valence-corrected chi connectivity index (χ1v) is 15.1. The molecule has 182 valence electrons. The minimum Gasteiger partial charge on any atom is -0.401 e. The molecule has 0 bridgehead atoms. The van der Waals surface area contributed by atoms with Gasteiger partial charge >= 0.3 is 0 Å². The highest BCUT2D eigenvalue weighted by atomic mass is 32.2. The molecule has 0 fully saturated rings. The van der Waals surface area contributed by atoms with Crippen LogP contribution in [0.5, 0.6) is 0 Å². The lowest BCUT2D eigenvalue weighted by Gasteiger charge is -2.43. The van der Waals surface area contributed by atoms with Gasteiger partial charge in [-0.15, -0.1) is 0 Å². The monoisotopic (exact) mass is 483 g/mol. The van der Waals surface area contributed by atoms with Crippen LogP contribution in [-0.4, -0.2) is 40.0 Å². The predicted molar refractivity (Wildman–Crippen MR) is 132 cm³/mol. The highest BCUT2D eigenvalue weighted by Crippen LogP contribution is 2.43. The molecule has 0 unspecified atom stereocenters. The maximum Gasteiger partial charge on any atom is 0.265 e. The van der Waals surface area contributed by atoms with Gasteiger partial charge in [-0.05, 0) is 48.5 Å². The smallest absolute Gasteiger partial charge is 0.265 e. The van der Waals surface area contributed by atoms with Crippen molar-refractivity contribution < 1.29 is 22.7 Å². The molecule has 32 heavy (non-hydrogen) atoms. The summed E-state index contributed by atoms with van der Waals surface area (Å²) in [6.45, 7) is 16.4. The molecular weight excluding hydrogens is 442 g/mol. The quantitative estimate of drug-likeness (QED) is 0.319. The molecule has 1 rings (SSSR count). The van der Waals surface area contributed by atoms with Crippen LogP contribution in [0.4, 0.5) is 0 Å². The summed E-state index contributed by atoms with van der Waals surface area (Å²) in [5.41, 5.74) is 1.60. The average Bonchev–Trinajstić information content (AvgIpc) is 2.69. The number of hydrogen-bond acceptors (Lipinski definition) is 5. The summed E-state index contributed by atoms with van der Waals surface area (Å²) in [5.74, 6) is -0.716. The SMILES string of the molecule is CC[C@@H](O)C/C=C\[C@@H](O[Si](C(C)C)(C(C)C)C(C)C)C(=O)NS(=O)(=O)c1ccc(C)cc1. The van der Waals surface area contributed by atoms with Crippen molar-refractivity contribution in [2.75, 3.05) is 0 Å². The Morgan fingerprint density at radius 2 is 1.56 bits per heavy atom. The lowest BCUT2D eigenvalue weighted by molar-refractivity contribution is -0.124. The van der Waals surface area contributed by atoms with Gasteiger partial charge in [-0.2, -0.15) is 0 Å². The lowest BCUT2D eigenvalue weighted by atomic mass is 10.2. The van der Waals surface area contributed by atoms with Gasteiger partial charge in [0.05, 0.1) is 11.0 Å². The van der Waals surface area contributed by atoms with Crippen molar-refractivity contribution in [1.29, 1.82) is 0 Å². The summed E-state index contributed by atoms with van der Waals surface area (Å²) in [6, 6.07) is 6.33. The third kappa shape index (κ3) is 7.27. The van der Waals surface area contributed by atoms with Crippen LogP contribution in [0.2, 0.25) is 16.6 Å². The molecule has 1 aromatic rings. The normalized spacial score (nSPS) is 15.0. The van der Waals surface area contributed by atoms with E-state index < -0.39 is 36.5 Å². The van der Waals surface area contributed by atoms with Crippen LogP contribution >= 0.6 is 0 Å². The second kappa shape index (κ2) is 12.1. The van der Waals surface area contributed by atoms with E-state index in [1.54, 1.807) is 24.3 Å². The molecule has 0 spiro atoms. The number of hydrogen-bond donors (Lipinski definition) is 2. The summed E-state index contributed by atoms with van der Waals surface area (Å²) in [5, 5.41) is 9.88. The van der Waals surface area contributed by atoms with E-state index in [0.29, 0.717) is 12.8 Å². The Morgan fingerprint density at radius 3 is 2.00 bits per heavy atom. The molecule has 0 aliphatic carbocycles. The number of amides is 1. The number of rotatable bonds is 12. The third-order valence-corrected chi connectivity index (χ3v) is 13.5. The fraction of sp³-hybridized carbons (Fsp3) is 0.625. The zero-order valence-corrected chi connectivity index (χ0v) is 22.6. The van der Waals surface area contributed by atoms with E-state index in [-0.39, 0.29) is 21.5 Å². The van der Waals surface area contributed by atoms with Crippen LogP contribution in [0.25, 0.3) is 0 Å². The maximum atomic E-state index is 13.2. The van der Waals surface area contributed by atoms with Crippen LogP contribution in [0, 0.1) is 6.92 Å². The van der Waals surface area contributed by atoms with E-state index in [4.69, 9.17) is 4.43 Å². The van der Waals surface area contributed by atoms with Crippen LogP contribution in [0.1, 0.15) is 66.9 Å². The summed E-state index contributed by atoms with van der Waals surface area (Å²) in [6.07, 6.45) is 2.68. The number of aliphatic hydroxyl groups is 1. The Labute approximate surface area is 195 Å². The second-order valence-corrected chi connectivity index (χ2v) is 16.5. The molecule has 0 heterocycles. The van der Waals surface area contributed by atoms with Gasteiger partial charge in [-0.1, -0.05) is 78.3 Å². The molecular formula is C24H41NO5SSi.